The number of benzene rings is 3. The number of allylic oxidation sites excluding steroid dienone is 1. The molecule has 0 radical (unpaired) electrons. The SMILES string of the molecule is CCOC(=O)C1=C(C)N=c2sc(=Cc3cc(Br)c(OCc4ccccc4Cl)c(OC)c3)c(=O)n2C1c1ccccc1Cl. The van der Waals surface area contributed by atoms with Crippen molar-refractivity contribution in [3.05, 3.63) is 123 Å². The summed E-state index contributed by atoms with van der Waals surface area (Å²) in [7, 11) is 1.55. The number of esters is 1. The van der Waals surface area contributed by atoms with Crippen molar-refractivity contribution in [2.45, 2.75) is 26.5 Å². The number of hydrogen-bond donors (Lipinski definition) is 0. The van der Waals surface area contributed by atoms with Crippen LogP contribution in [0.15, 0.2) is 86.2 Å². The standard InChI is InChI=1S/C31H25BrCl2N2O5S/c1-4-40-30(38)26-17(2)35-31-36(27(26)20-10-6-8-12-23(20)34)29(37)25(42-31)15-18-13-21(32)28(24(14-18)39-3)41-16-19-9-5-7-11-22(19)33/h5-15,27H,4,16H2,1-3H3. The number of fused-ring (bicyclic) bond motifs is 1. The van der Waals surface area contributed by atoms with Crippen LogP contribution in [-0.4, -0.2) is 24.3 Å². The maximum absolute atomic E-state index is 13.9. The zero-order chi connectivity index (χ0) is 30.0. The highest BCUT2D eigenvalue weighted by Gasteiger charge is 2.34. The maximum atomic E-state index is 13.9. The summed E-state index contributed by atoms with van der Waals surface area (Å²) in [5.41, 5.74) is 2.57. The molecule has 1 aromatic heterocycles. The van der Waals surface area contributed by atoms with E-state index in [1.807, 2.05) is 30.3 Å². The van der Waals surface area contributed by atoms with Gasteiger partial charge in [0.2, 0.25) is 0 Å². The first kappa shape index (κ1) is 30.1. The molecule has 1 aliphatic heterocycles. The monoisotopic (exact) mass is 686 g/mol. The first-order valence-corrected chi connectivity index (χ1v) is 15.3. The molecule has 2 heterocycles. The topological polar surface area (TPSA) is 79.1 Å². The summed E-state index contributed by atoms with van der Waals surface area (Å²) in [5, 5.41) is 1.03. The summed E-state index contributed by atoms with van der Waals surface area (Å²) in [6.45, 7) is 3.89. The van der Waals surface area contributed by atoms with E-state index in [1.54, 1.807) is 57.4 Å². The summed E-state index contributed by atoms with van der Waals surface area (Å²) in [6, 6.07) is 17.4. The van der Waals surface area contributed by atoms with Crippen molar-refractivity contribution in [2.24, 2.45) is 4.99 Å². The van der Waals surface area contributed by atoms with Gasteiger partial charge in [-0.1, -0.05) is 70.9 Å². The lowest BCUT2D eigenvalue weighted by molar-refractivity contribution is -0.139. The molecular weight excluding hydrogens is 663 g/mol. The van der Waals surface area contributed by atoms with Gasteiger partial charge in [-0.15, -0.1) is 0 Å². The molecule has 0 spiro atoms. The molecule has 1 unspecified atom stereocenters. The molecule has 0 bridgehead atoms. The average Bonchev–Trinajstić information content (AvgIpc) is 3.26. The van der Waals surface area contributed by atoms with Crippen molar-refractivity contribution in [3.8, 4) is 11.5 Å². The average molecular weight is 688 g/mol. The van der Waals surface area contributed by atoms with Gasteiger partial charge in [-0.25, -0.2) is 9.79 Å². The smallest absolute Gasteiger partial charge is 0.338 e. The lowest BCUT2D eigenvalue weighted by atomic mass is 9.96. The minimum Gasteiger partial charge on any atom is -0.493 e. The molecule has 42 heavy (non-hydrogen) atoms. The molecule has 0 saturated heterocycles. The number of methoxy groups -OCH3 is 1. The Balaban J connectivity index is 1.59. The third-order valence-electron chi connectivity index (χ3n) is 6.60. The van der Waals surface area contributed by atoms with E-state index in [1.165, 1.54) is 15.9 Å². The normalized spacial score (nSPS) is 14.8. The van der Waals surface area contributed by atoms with Crippen LogP contribution in [-0.2, 0) is 16.1 Å². The second-order valence-corrected chi connectivity index (χ2v) is 11.9. The van der Waals surface area contributed by atoms with Crippen LogP contribution < -0.4 is 24.4 Å². The predicted octanol–water partition coefficient (Wildman–Crippen LogP) is 6.46. The third kappa shape index (κ3) is 5.92. The zero-order valence-corrected chi connectivity index (χ0v) is 26.7. The Kier molecular flexibility index (Phi) is 9.22. The molecule has 0 aliphatic carbocycles. The third-order valence-corrected chi connectivity index (χ3v) is 8.88. The fraction of sp³-hybridized carbons (Fsp3) is 0.194. The molecule has 1 aliphatic rings. The Bertz CT molecular complexity index is 1900. The number of carbonyl (C=O) groups excluding carboxylic acids is 1. The number of thiazole rings is 1. The summed E-state index contributed by atoms with van der Waals surface area (Å²) < 4.78 is 19.6. The molecule has 4 aromatic rings. The van der Waals surface area contributed by atoms with Crippen LogP contribution in [0.2, 0.25) is 10.0 Å². The van der Waals surface area contributed by atoms with Crippen molar-refractivity contribution in [3.63, 3.8) is 0 Å². The Hall–Kier alpha value is -3.37. The van der Waals surface area contributed by atoms with Gasteiger partial charge < -0.3 is 14.2 Å². The summed E-state index contributed by atoms with van der Waals surface area (Å²) in [5.74, 6) is 0.438. The first-order valence-electron chi connectivity index (χ1n) is 12.9. The van der Waals surface area contributed by atoms with Crippen LogP contribution in [0.1, 0.15) is 36.6 Å². The lowest BCUT2D eigenvalue weighted by Gasteiger charge is -2.25. The van der Waals surface area contributed by atoms with E-state index < -0.39 is 12.0 Å². The molecule has 0 N–H and O–H groups in total. The van der Waals surface area contributed by atoms with Gasteiger partial charge in [-0.3, -0.25) is 9.36 Å². The number of rotatable bonds is 8. The lowest BCUT2D eigenvalue weighted by Crippen LogP contribution is -2.40. The minimum atomic E-state index is -0.794. The molecule has 216 valence electrons. The second-order valence-electron chi connectivity index (χ2n) is 9.24. The van der Waals surface area contributed by atoms with E-state index >= 15 is 0 Å². The number of nitrogens with zero attached hydrogens (tertiary/aromatic N) is 2. The van der Waals surface area contributed by atoms with Gasteiger partial charge in [0.05, 0.1) is 34.0 Å². The van der Waals surface area contributed by atoms with Gasteiger partial charge >= 0.3 is 5.97 Å². The van der Waals surface area contributed by atoms with Crippen molar-refractivity contribution in [2.75, 3.05) is 13.7 Å². The fourth-order valence-electron chi connectivity index (χ4n) is 4.66. The summed E-state index contributed by atoms with van der Waals surface area (Å²) in [6.07, 6.45) is 1.75. The van der Waals surface area contributed by atoms with Crippen LogP contribution in [0.3, 0.4) is 0 Å². The maximum Gasteiger partial charge on any atom is 0.338 e. The van der Waals surface area contributed by atoms with E-state index in [9.17, 15) is 9.59 Å². The largest absolute Gasteiger partial charge is 0.493 e. The Morgan fingerprint density at radius 2 is 1.83 bits per heavy atom. The molecule has 0 fully saturated rings. The summed E-state index contributed by atoms with van der Waals surface area (Å²) >= 11 is 17.7. The molecule has 7 nitrogen and oxygen atoms in total. The molecule has 5 rings (SSSR count). The minimum absolute atomic E-state index is 0.185. The quantitative estimate of drug-likeness (QED) is 0.199. The highest BCUT2D eigenvalue weighted by molar-refractivity contribution is 9.10. The van der Waals surface area contributed by atoms with E-state index in [-0.39, 0.29) is 24.3 Å². The van der Waals surface area contributed by atoms with Crippen LogP contribution in [0.25, 0.3) is 6.08 Å². The summed E-state index contributed by atoms with van der Waals surface area (Å²) in [4.78, 5) is 32.1. The van der Waals surface area contributed by atoms with Gasteiger partial charge in [-0.05, 0) is 71.2 Å². The van der Waals surface area contributed by atoms with Gasteiger partial charge in [0.1, 0.15) is 12.6 Å². The van der Waals surface area contributed by atoms with E-state index in [0.29, 0.717) is 52.2 Å². The van der Waals surface area contributed by atoms with Gasteiger partial charge in [-0.2, -0.15) is 0 Å². The van der Waals surface area contributed by atoms with E-state index in [2.05, 4.69) is 20.9 Å². The number of carbonyl (C=O) groups is 1. The molecule has 11 heteroatoms. The Morgan fingerprint density at radius 1 is 1.12 bits per heavy atom. The Labute approximate surface area is 264 Å². The van der Waals surface area contributed by atoms with Crippen molar-refractivity contribution >= 4 is 62.5 Å². The number of hydrogen-bond acceptors (Lipinski definition) is 7. The van der Waals surface area contributed by atoms with Gasteiger partial charge in [0.15, 0.2) is 16.3 Å². The number of aromatic nitrogens is 1. The Morgan fingerprint density at radius 3 is 2.52 bits per heavy atom. The second kappa shape index (κ2) is 12.9. The molecule has 1 atom stereocenters. The zero-order valence-electron chi connectivity index (χ0n) is 22.8. The highest BCUT2D eigenvalue weighted by atomic mass is 79.9. The molecule has 0 saturated carbocycles. The predicted molar refractivity (Wildman–Crippen MR) is 168 cm³/mol. The van der Waals surface area contributed by atoms with Crippen molar-refractivity contribution in [1.29, 1.82) is 0 Å². The fourth-order valence-corrected chi connectivity index (χ4v) is 6.71. The van der Waals surface area contributed by atoms with Gasteiger partial charge in [0.25, 0.3) is 5.56 Å². The van der Waals surface area contributed by atoms with Gasteiger partial charge in [0, 0.05) is 15.6 Å². The van der Waals surface area contributed by atoms with Crippen LogP contribution in [0.5, 0.6) is 11.5 Å². The van der Waals surface area contributed by atoms with E-state index in [4.69, 9.17) is 37.4 Å². The first-order chi connectivity index (χ1) is 20.2. The molecular formula is C31H25BrCl2N2O5S. The van der Waals surface area contributed by atoms with Crippen LogP contribution >= 0.6 is 50.5 Å². The van der Waals surface area contributed by atoms with Crippen LogP contribution in [0, 0.1) is 0 Å². The van der Waals surface area contributed by atoms with Crippen molar-refractivity contribution < 1.29 is 19.0 Å². The highest BCUT2D eigenvalue weighted by Crippen LogP contribution is 2.38. The number of halogens is 3. The van der Waals surface area contributed by atoms with Crippen LogP contribution in [0.4, 0.5) is 0 Å². The van der Waals surface area contributed by atoms with E-state index in [0.717, 1.165) is 5.56 Å². The molecule has 3 aromatic carbocycles. The number of ether oxygens (including phenoxy) is 3. The molecule has 0 amide bonds. The van der Waals surface area contributed by atoms with Crippen molar-refractivity contribution in [1.82, 2.24) is 4.57 Å².